The van der Waals surface area contributed by atoms with Crippen molar-refractivity contribution < 1.29 is 47.1 Å². The first-order valence-electron chi connectivity index (χ1n) is 5.82. The maximum atomic E-state index is 11.3. The average molecular weight is 365 g/mol. The van der Waals surface area contributed by atoms with Crippen LogP contribution in [-0.2, 0) is 24.7 Å². The Morgan fingerprint density at radius 3 is 2.14 bits per heavy atom. The maximum absolute atomic E-state index is 11.3. The van der Waals surface area contributed by atoms with Gasteiger partial charge in [-0.25, -0.2) is 4.79 Å². The molecule has 0 aliphatic carbocycles. The number of carbonyl (C=O) groups is 1. The summed E-state index contributed by atoms with van der Waals surface area (Å²) in [6.07, 6.45) is -5.54. The van der Waals surface area contributed by atoms with Gasteiger partial charge < -0.3 is 30.5 Å². The van der Waals surface area contributed by atoms with Gasteiger partial charge >= 0.3 is 16.4 Å². The Balaban J connectivity index is 0.000000763. The second kappa shape index (κ2) is 9.59. The van der Waals surface area contributed by atoms with Crippen molar-refractivity contribution in [1.82, 2.24) is 0 Å². The zero-order chi connectivity index (χ0) is 17.5. The van der Waals surface area contributed by atoms with Gasteiger partial charge in [0.25, 0.3) is 0 Å². The van der Waals surface area contributed by atoms with Crippen LogP contribution in [0.5, 0.6) is 0 Å². The standard InChI is InChI=1S/C9H17NO6S.H2O4S/c1-15-8(14)7-5(12)4(11)6(13)9(16-7)17-3-2-10;1-5(2,3)4/h4-7,9,11-13H,2-3,10H2,1H3;(H2,1,2,3,4)/t4-,5-,6+,7-,9-;/m0./s1. The number of rotatable bonds is 4. The number of aliphatic hydroxyl groups is 3. The molecule has 5 atom stereocenters. The van der Waals surface area contributed by atoms with Crippen LogP contribution in [0.1, 0.15) is 0 Å². The molecule has 1 saturated heterocycles. The molecule has 7 N–H and O–H groups in total. The Kier molecular flexibility index (Phi) is 9.37. The number of ether oxygens (including phenoxy) is 2. The predicted octanol–water partition coefficient (Wildman–Crippen LogP) is -2.99. The third-order valence-electron chi connectivity index (χ3n) is 2.40. The first-order valence-corrected chi connectivity index (χ1v) is 8.26. The monoisotopic (exact) mass is 365 g/mol. The zero-order valence-electron chi connectivity index (χ0n) is 11.5. The zero-order valence-corrected chi connectivity index (χ0v) is 13.1. The topological polar surface area (TPSA) is 197 Å². The van der Waals surface area contributed by atoms with Crippen LogP contribution in [-0.4, -0.2) is 88.1 Å². The van der Waals surface area contributed by atoms with Crippen LogP contribution in [0.3, 0.4) is 0 Å². The van der Waals surface area contributed by atoms with E-state index in [0.717, 1.165) is 7.11 Å². The van der Waals surface area contributed by atoms with Crippen molar-refractivity contribution >= 4 is 28.1 Å². The molecule has 0 radical (unpaired) electrons. The van der Waals surface area contributed by atoms with Gasteiger partial charge in [0.1, 0.15) is 23.7 Å². The van der Waals surface area contributed by atoms with Gasteiger partial charge in [0.15, 0.2) is 6.10 Å². The summed E-state index contributed by atoms with van der Waals surface area (Å²) in [7, 11) is -3.52. The second-order valence-electron chi connectivity index (χ2n) is 4.03. The van der Waals surface area contributed by atoms with E-state index in [1.807, 2.05) is 0 Å². The minimum atomic E-state index is -4.67. The smallest absolute Gasteiger partial charge is 0.394 e. The van der Waals surface area contributed by atoms with Gasteiger partial charge in [-0.1, -0.05) is 0 Å². The summed E-state index contributed by atoms with van der Waals surface area (Å²) in [4.78, 5) is 11.3. The molecule has 22 heavy (non-hydrogen) atoms. The van der Waals surface area contributed by atoms with Crippen molar-refractivity contribution in [3.8, 4) is 0 Å². The predicted molar refractivity (Wildman–Crippen MR) is 74.4 cm³/mol. The average Bonchev–Trinajstić information content (AvgIpc) is 2.41. The molecule has 0 bridgehead atoms. The summed E-state index contributed by atoms with van der Waals surface area (Å²) in [6, 6.07) is 0. The van der Waals surface area contributed by atoms with Crippen molar-refractivity contribution in [2.45, 2.75) is 29.9 Å². The van der Waals surface area contributed by atoms with Crippen LogP contribution in [0, 0.1) is 0 Å². The Hall–Kier alpha value is -0.510. The summed E-state index contributed by atoms with van der Waals surface area (Å²) in [5, 5.41) is 28.8. The molecular weight excluding hydrogens is 346 g/mol. The fourth-order valence-electron chi connectivity index (χ4n) is 1.48. The fourth-order valence-corrected chi connectivity index (χ4v) is 2.41. The minimum Gasteiger partial charge on any atom is -0.467 e. The van der Waals surface area contributed by atoms with Crippen molar-refractivity contribution in [3.63, 3.8) is 0 Å². The highest BCUT2D eigenvalue weighted by atomic mass is 32.3. The molecule has 1 rings (SSSR count). The highest BCUT2D eigenvalue weighted by Crippen LogP contribution is 2.28. The van der Waals surface area contributed by atoms with E-state index in [4.69, 9.17) is 28.0 Å². The van der Waals surface area contributed by atoms with Crippen molar-refractivity contribution in [3.05, 3.63) is 0 Å². The van der Waals surface area contributed by atoms with E-state index in [1.54, 1.807) is 0 Å². The number of nitrogens with two attached hydrogens (primary N) is 1. The number of carbonyl (C=O) groups excluding carboxylic acids is 1. The quantitative estimate of drug-likeness (QED) is 0.218. The molecule has 0 amide bonds. The molecule has 1 fully saturated rings. The molecule has 13 heteroatoms. The highest BCUT2D eigenvalue weighted by molar-refractivity contribution is 7.99. The van der Waals surface area contributed by atoms with Crippen LogP contribution < -0.4 is 5.73 Å². The largest absolute Gasteiger partial charge is 0.467 e. The minimum absolute atomic E-state index is 0.374. The van der Waals surface area contributed by atoms with Crippen molar-refractivity contribution in [2.75, 3.05) is 19.4 Å². The van der Waals surface area contributed by atoms with E-state index in [0.29, 0.717) is 12.3 Å². The van der Waals surface area contributed by atoms with Gasteiger partial charge in [0.05, 0.1) is 7.11 Å². The number of hydrogen-bond donors (Lipinski definition) is 6. The lowest BCUT2D eigenvalue weighted by atomic mass is 10.00. The Morgan fingerprint density at radius 1 is 1.23 bits per heavy atom. The van der Waals surface area contributed by atoms with Crippen molar-refractivity contribution in [2.24, 2.45) is 5.73 Å². The molecule has 11 nitrogen and oxygen atoms in total. The number of methoxy groups -OCH3 is 1. The Labute approximate surface area is 131 Å². The summed E-state index contributed by atoms with van der Waals surface area (Å²) in [5.41, 5.74) is 4.49. The van der Waals surface area contributed by atoms with Crippen molar-refractivity contribution in [1.29, 1.82) is 0 Å². The molecule has 0 aromatic rings. The van der Waals surface area contributed by atoms with Gasteiger partial charge in [-0.2, -0.15) is 8.42 Å². The SMILES string of the molecule is COC(=O)[C@H]1O[C@@H](SCCN)[C@H](O)[C@@H](O)[C@@H]1O.O=S(=O)(O)O. The third-order valence-corrected chi connectivity index (χ3v) is 3.59. The maximum Gasteiger partial charge on any atom is 0.394 e. The molecule has 0 saturated carbocycles. The summed E-state index contributed by atoms with van der Waals surface area (Å²) in [5.74, 6) is -0.292. The third kappa shape index (κ3) is 7.66. The normalized spacial score (nSPS) is 31.9. The number of aliphatic hydroxyl groups excluding tert-OH is 3. The summed E-state index contributed by atoms with van der Waals surface area (Å²) < 4.78 is 41.2. The first kappa shape index (κ1) is 21.5. The van der Waals surface area contributed by atoms with Gasteiger partial charge in [-0.3, -0.25) is 9.11 Å². The van der Waals surface area contributed by atoms with Crippen LogP contribution in [0.2, 0.25) is 0 Å². The first-order chi connectivity index (χ1) is 10.0. The molecule has 1 aliphatic rings. The summed E-state index contributed by atoms with van der Waals surface area (Å²) in [6.45, 7) is 0.374. The van der Waals surface area contributed by atoms with E-state index in [9.17, 15) is 20.1 Å². The Morgan fingerprint density at radius 2 is 1.73 bits per heavy atom. The molecule has 0 spiro atoms. The van der Waals surface area contributed by atoms with Gasteiger partial charge in [-0.15, -0.1) is 11.8 Å². The lowest BCUT2D eigenvalue weighted by Crippen LogP contribution is -2.59. The van der Waals surface area contributed by atoms with Crippen LogP contribution >= 0.6 is 11.8 Å². The molecule has 0 unspecified atom stereocenters. The highest BCUT2D eigenvalue weighted by Gasteiger charge is 2.47. The molecule has 132 valence electrons. The number of thioether (sulfide) groups is 1. The van der Waals surface area contributed by atoms with Gasteiger partial charge in [0, 0.05) is 12.3 Å². The molecule has 0 aromatic carbocycles. The van der Waals surface area contributed by atoms with E-state index >= 15 is 0 Å². The van der Waals surface area contributed by atoms with E-state index in [-0.39, 0.29) is 0 Å². The lowest BCUT2D eigenvalue weighted by molar-refractivity contribution is -0.211. The van der Waals surface area contributed by atoms with Crippen LogP contribution in [0.15, 0.2) is 0 Å². The van der Waals surface area contributed by atoms with Crippen LogP contribution in [0.25, 0.3) is 0 Å². The number of hydrogen-bond acceptors (Lipinski definition) is 10. The van der Waals surface area contributed by atoms with E-state index < -0.39 is 46.2 Å². The lowest BCUT2D eigenvalue weighted by Gasteiger charge is -2.38. The van der Waals surface area contributed by atoms with E-state index in [1.165, 1.54) is 11.8 Å². The Bertz CT molecular complexity index is 436. The van der Waals surface area contributed by atoms with Crippen LogP contribution in [0.4, 0.5) is 0 Å². The van der Waals surface area contributed by atoms with Gasteiger partial charge in [0.2, 0.25) is 0 Å². The molecular formula is C9H19NO10S2. The molecule has 1 aliphatic heterocycles. The molecule has 0 aromatic heterocycles. The second-order valence-corrected chi connectivity index (χ2v) is 6.13. The summed E-state index contributed by atoms with van der Waals surface area (Å²) >= 11 is 1.17. The van der Waals surface area contributed by atoms with E-state index in [2.05, 4.69) is 4.74 Å². The van der Waals surface area contributed by atoms with Gasteiger partial charge in [-0.05, 0) is 0 Å². The molecule has 1 heterocycles. The number of esters is 1. The fraction of sp³-hybridized carbons (Fsp3) is 0.889.